The predicted octanol–water partition coefficient (Wildman–Crippen LogP) is 2.35. The number of benzene rings is 1. The van der Waals surface area contributed by atoms with Crippen molar-refractivity contribution in [3.05, 3.63) is 35.9 Å². The van der Waals surface area contributed by atoms with E-state index in [1.165, 1.54) is 31.2 Å². The van der Waals surface area contributed by atoms with Gasteiger partial charge in [0.25, 0.3) is 0 Å². The van der Waals surface area contributed by atoms with Crippen LogP contribution in [0, 0.1) is 0 Å². The summed E-state index contributed by atoms with van der Waals surface area (Å²) in [6.07, 6.45) is -4.54. The van der Waals surface area contributed by atoms with Gasteiger partial charge in [0.2, 0.25) is 0 Å². The fraction of sp³-hybridized carbons (Fsp3) is 0.364. The predicted molar refractivity (Wildman–Crippen MR) is 55.5 cm³/mol. The standard InChI is InChI=1S/C11H12F3NO2/c1-7(10(16)17)15-9(11(12,13)14)8-5-3-2-4-6-8/h2-7,9,15H,1H3,(H,16,17)/t7-,9-/m0/s1. The van der Waals surface area contributed by atoms with Crippen LogP contribution in [0.1, 0.15) is 18.5 Å². The van der Waals surface area contributed by atoms with Gasteiger partial charge < -0.3 is 5.11 Å². The fourth-order valence-corrected chi connectivity index (χ4v) is 1.35. The first-order valence-electron chi connectivity index (χ1n) is 4.93. The van der Waals surface area contributed by atoms with E-state index in [9.17, 15) is 18.0 Å². The molecule has 0 fully saturated rings. The summed E-state index contributed by atoms with van der Waals surface area (Å²) < 4.78 is 38.3. The number of rotatable bonds is 4. The van der Waals surface area contributed by atoms with Crippen molar-refractivity contribution in [2.45, 2.75) is 25.2 Å². The molecule has 6 heteroatoms. The van der Waals surface area contributed by atoms with Gasteiger partial charge in [0.05, 0.1) is 0 Å². The second-order valence-corrected chi connectivity index (χ2v) is 3.61. The van der Waals surface area contributed by atoms with E-state index in [1.54, 1.807) is 6.07 Å². The number of alkyl halides is 3. The lowest BCUT2D eigenvalue weighted by Crippen LogP contribution is -2.43. The number of carboxylic acid groups (broad SMARTS) is 1. The minimum absolute atomic E-state index is 0.00639. The summed E-state index contributed by atoms with van der Waals surface area (Å²) in [6, 6.07) is 3.90. The summed E-state index contributed by atoms with van der Waals surface area (Å²) in [5.74, 6) is -1.32. The highest BCUT2D eigenvalue weighted by Gasteiger charge is 2.41. The maximum atomic E-state index is 12.8. The molecule has 94 valence electrons. The molecule has 0 saturated heterocycles. The van der Waals surface area contributed by atoms with Crippen molar-refractivity contribution in [2.75, 3.05) is 0 Å². The van der Waals surface area contributed by atoms with Crippen LogP contribution in [0.25, 0.3) is 0 Å². The van der Waals surface area contributed by atoms with Crippen molar-refractivity contribution < 1.29 is 23.1 Å². The molecule has 1 rings (SSSR count). The van der Waals surface area contributed by atoms with Crippen molar-refractivity contribution in [3.8, 4) is 0 Å². The molecule has 0 aliphatic rings. The van der Waals surface area contributed by atoms with Gasteiger partial charge in [-0.2, -0.15) is 13.2 Å². The van der Waals surface area contributed by atoms with Gasteiger partial charge in [-0.25, -0.2) is 0 Å². The molecule has 0 aromatic heterocycles. The van der Waals surface area contributed by atoms with E-state index in [0.717, 1.165) is 0 Å². The molecular formula is C11H12F3NO2. The molecule has 2 atom stereocenters. The molecule has 0 radical (unpaired) electrons. The molecule has 1 aromatic carbocycles. The third kappa shape index (κ3) is 3.74. The summed E-state index contributed by atoms with van der Waals surface area (Å²) in [4.78, 5) is 10.6. The van der Waals surface area contributed by atoms with Gasteiger partial charge in [0.15, 0.2) is 0 Å². The lowest BCUT2D eigenvalue weighted by atomic mass is 10.1. The maximum Gasteiger partial charge on any atom is 0.407 e. The third-order valence-corrected chi connectivity index (χ3v) is 2.25. The zero-order chi connectivity index (χ0) is 13.1. The van der Waals surface area contributed by atoms with Crippen molar-refractivity contribution in [1.29, 1.82) is 0 Å². The summed E-state index contributed by atoms with van der Waals surface area (Å²) in [7, 11) is 0. The van der Waals surface area contributed by atoms with Gasteiger partial charge in [-0.15, -0.1) is 0 Å². The molecule has 0 heterocycles. The normalized spacial score (nSPS) is 15.3. The fourth-order valence-electron chi connectivity index (χ4n) is 1.35. The quantitative estimate of drug-likeness (QED) is 0.858. The van der Waals surface area contributed by atoms with Gasteiger partial charge in [0.1, 0.15) is 12.1 Å². The van der Waals surface area contributed by atoms with Crippen LogP contribution in [-0.4, -0.2) is 23.3 Å². The zero-order valence-electron chi connectivity index (χ0n) is 9.03. The minimum atomic E-state index is -4.54. The number of aliphatic carboxylic acids is 1. The van der Waals surface area contributed by atoms with E-state index in [1.807, 2.05) is 5.32 Å². The molecule has 1 aromatic rings. The average Bonchev–Trinajstić information content (AvgIpc) is 2.25. The third-order valence-electron chi connectivity index (χ3n) is 2.25. The molecule has 0 bridgehead atoms. The van der Waals surface area contributed by atoms with Crippen LogP contribution in [0.4, 0.5) is 13.2 Å². The number of carbonyl (C=O) groups is 1. The highest BCUT2D eigenvalue weighted by Crippen LogP contribution is 2.32. The largest absolute Gasteiger partial charge is 0.480 e. The average molecular weight is 247 g/mol. The first-order valence-corrected chi connectivity index (χ1v) is 4.93. The van der Waals surface area contributed by atoms with Crippen LogP contribution < -0.4 is 5.32 Å². The Hall–Kier alpha value is -1.56. The van der Waals surface area contributed by atoms with Crippen LogP contribution in [0.5, 0.6) is 0 Å². The van der Waals surface area contributed by atoms with Gasteiger partial charge in [-0.3, -0.25) is 10.1 Å². The Balaban J connectivity index is 2.94. The second-order valence-electron chi connectivity index (χ2n) is 3.61. The van der Waals surface area contributed by atoms with Crippen LogP contribution in [-0.2, 0) is 4.79 Å². The molecular weight excluding hydrogens is 235 g/mol. The highest BCUT2D eigenvalue weighted by atomic mass is 19.4. The Morgan fingerprint density at radius 1 is 1.29 bits per heavy atom. The lowest BCUT2D eigenvalue weighted by Gasteiger charge is -2.24. The monoisotopic (exact) mass is 247 g/mol. The van der Waals surface area contributed by atoms with Crippen molar-refractivity contribution in [3.63, 3.8) is 0 Å². The zero-order valence-corrected chi connectivity index (χ0v) is 9.03. The molecule has 0 aliphatic heterocycles. The number of hydrogen-bond donors (Lipinski definition) is 2. The van der Waals surface area contributed by atoms with E-state index < -0.39 is 24.2 Å². The van der Waals surface area contributed by atoms with Crippen molar-refractivity contribution in [2.24, 2.45) is 0 Å². The minimum Gasteiger partial charge on any atom is -0.480 e. The Morgan fingerprint density at radius 3 is 2.24 bits per heavy atom. The van der Waals surface area contributed by atoms with Gasteiger partial charge in [-0.05, 0) is 12.5 Å². The summed E-state index contributed by atoms with van der Waals surface area (Å²) in [5.41, 5.74) is -0.00639. The molecule has 2 N–H and O–H groups in total. The van der Waals surface area contributed by atoms with Crippen molar-refractivity contribution >= 4 is 5.97 Å². The topological polar surface area (TPSA) is 49.3 Å². The number of halogens is 3. The van der Waals surface area contributed by atoms with Gasteiger partial charge in [0, 0.05) is 0 Å². The van der Waals surface area contributed by atoms with Crippen LogP contribution in [0.15, 0.2) is 30.3 Å². The first-order chi connectivity index (χ1) is 7.82. The summed E-state index contributed by atoms with van der Waals surface area (Å²) >= 11 is 0. The summed E-state index contributed by atoms with van der Waals surface area (Å²) in [5, 5.41) is 10.7. The Bertz CT molecular complexity index is 378. The van der Waals surface area contributed by atoms with E-state index >= 15 is 0 Å². The second kappa shape index (κ2) is 5.18. The maximum absolute atomic E-state index is 12.8. The Morgan fingerprint density at radius 2 is 1.82 bits per heavy atom. The molecule has 0 amide bonds. The molecule has 3 nitrogen and oxygen atoms in total. The Kier molecular flexibility index (Phi) is 4.11. The van der Waals surface area contributed by atoms with E-state index in [4.69, 9.17) is 5.11 Å². The molecule has 0 unspecified atom stereocenters. The van der Waals surface area contributed by atoms with E-state index in [0.29, 0.717) is 0 Å². The summed E-state index contributed by atoms with van der Waals surface area (Å²) in [6.45, 7) is 1.17. The lowest BCUT2D eigenvalue weighted by molar-refractivity contribution is -0.162. The molecule has 0 saturated carbocycles. The van der Waals surface area contributed by atoms with Crippen molar-refractivity contribution in [1.82, 2.24) is 5.32 Å². The van der Waals surface area contributed by atoms with Crippen LogP contribution >= 0.6 is 0 Å². The molecule has 17 heavy (non-hydrogen) atoms. The SMILES string of the molecule is C[C@H](N[C@@H](c1ccccc1)C(F)(F)F)C(=O)O. The smallest absolute Gasteiger partial charge is 0.407 e. The Labute approximate surface area is 96.3 Å². The first kappa shape index (κ1) is 13.5. The van der Waals surface area contributed by atoms with Crippen LogP contribution in [0.3, 0.4) is 0 Å². The number of nitrogens with one attached hydrogen (secondary N) is 1. The van der Waals surface area contributed by atoms with Crippen LogP contribution in [0.2, 0.25) is 0 Å². The van der Waals surface area contributed by atoms with E-state index in [2.05, 4.69) is 0 Å². The number of hydrogen-bond acceptors (Lipinski definition) is 2. The van der Waals surface area contributed by atoms with Gasteiger partial charge in [-0.1, -0.05) is 30.3 Å². The molecule has 0 spiro atoms. The number of carboxylic acids is 1. The molecule has 0 aliphatic carbocycles. The van der Waals surface area contributed by atoms with E-state index in [-0.39, 0.29) is 5.56 Å². The van der Waals surface area contributed by atoms with Gasteiger partial charge >= 0.3 is 12.1 Å². The highest BCUT2D eigenvalue weighted by molar-refractivity contribution is 5.72.